The quantitative estimate of drug-likeness (QED) is 0.831. The summed E-state index contributed by atoms with van der Waals surface area (Å²) in [6.45, 7) is 10.8. The van der Waals surface area contributed by atoms with Crippen LogP contribution in [0.4, 0.5) is 0 Å². The highest BCUT2D eigenvalue weighted by Gasteiger charge is 2.19. The molecule has 0 spiro atoms. The summed E-state index contributed by atoms with van der Waals surface area (Å²) in [5, 5.41) is 8.03. The minimum Gasteiger partial charge on any atom is -0.309 e. The van der Waals surface area contributed by atoms with Crippen LogP contribution >= 0.6 is 15.9 Å². The lowest BCUT2D eigenvalue weighted by atomic mass is 10.0. The van der Waals surface area contributed by atoms with Crippen LogP contribution < -0.4 is 5.32 Å². The van der Waals surface area contributed by atoms with Crippen molar-refractivity contribution in [3.63, 3.8) is 0 Å². The number of hydrogen-bond donors (Lipinski definition) is 1. The van der Waals surface area contributed by atoms with E-state index in [4.69, 9.17) is 0 Å². The monoisotopic (exact) mass is 301 g/mol. The molecule has 1 heterocycles. The highest BCUT2D eigenvalue weighted by atomic mass is 79.9. The second-order valence-corrected chi connectivity index (χ2v) is 5.68. The molecule has 0 aliphatic heterocycles. The zero-order valence-electron chi connectivity index (χ0n) is 11.3. The van der Waals surface area contributed by atoms with Crippen LogP contribution in [-0.2, 0) is 6.54 Å². The first kappa shape index (κ1) is 14.7. The van der Waals surface area contributed by atoms with Crippen LogP contribution in [0.3, 0.4) is 0 Å². The molecule has 0 aliphatic carbocycles. The maximum absolute atomic E-state index is 4.40. The van der Waals surface area contributed by atoms with Gasteiger partial charge in [-0.1, -0.05) is 20.8 Å². The number of nitrogens with zero attached hydrogens (tertiary/aromatic N) is 2. The van der Waals surface area contributed by atoms with Gasteiger partial charge in [0.05, 0.1) is 22.4 Å². The molecule has 4 heteroatoms. The van der Waals surface area contributed by atoms with Crippen LogP contribution in [-0.4, -0.2) is 16.3 Å². The average molecular weight is 302 g/mol. The highest BCUT2D eigenvalue weighted by Crippen LogP contribution is 2.28. The third-order valence-corrected chi connectivity index (χ3v) is 3.42. The van der Waals surface area contributed by atoms with E-state index in [2.05, 4.69) is 58.7 Å². The van der Waals surface area contributed by atoms with E-state index in [1.807, 2.05) is 6.20 Å². The van der Waals surface area contributed by atoms with Crippen molar-refractivity contribution >= 4 is 15.9 Å². The van der Waals surface area contributed by atoms with Gasteiger partial charge < -0.3 is 5.32 Å². The van der Waals surface area contributed by atoms with Crippen LogP contribution in [0.25, 0.3) is 0 Å². The molecule has 17 heavy (non-hydrogen) atoms. The summed E-state index contributed by atoms with van der Waals surface area (Å²) in [5.41, 5.74) is 1.29. The number of nitrogens with one attached hydrogen (secondary N) is 1. The van der Waals surface area contributed by atoms with E-state index in [0.29, 0.717) is 12.0 Å². The van der Waals surface area contributed by atoms with Gasteiger partial charge in [0.2, 0.25) is 0 Å². The Kier molecular flexibility index (Phi) is 6.20. The van der Waals surface area contributed by atoms with Gasteiger partial charge >= 0.3 is 0 Å². The zero-order valence-corrected chi connectivity index (χ0v) is 12.9. The number of halogens is 1. The minimum atomic E-state index is 0.395. The molecule has 0 aliphatic rings. The Morgan fingerprint density at radius 3 is 2.65 bits per heavy atom. The van der Waals surface area contributed by atoms with Crippen molar-refractivity contribution in [3.05, 3.63) is 16.4 Å². The molecule has 1 unspecified atom stereocenters. The molecule has 1 aromatic heterocycles. The van der Waals surface area contributed by atoms with Gasteiger partial charge in [0.1, 0.15) is 0 Å². The molecule has 1 aromatic rings. The van der Waals surface area contributed by atoms with Gasteiger partial charge in [0, 0.05) is 6.54 Å². The van der Waals surface area contributed by atoms with E-state index in [0.717, 1.165) is 30.4 Å². The molecule has 1 N–H and O–H groups in total. The van der Waals surface area contributed by atoms with Gasteiger partial charge in [-0.05, 0) is 48.2 Å². The largest absolute Gasteiger partial charge is 0.309 e. The number of aryl methyl sites for hydroxylation is 1. The molecular weight excluding hydrogens is 278 g/mol. The van der Waals surface area contributed by atoms with Gasteiger partial charge in [0.15, 0.2) is 0 Å². The standard InChI is InChI=1S/C13H24BrN3/c1-5-7-15-12(8-10(3)4)13-11(14)9-16-17(13)6-2/h9-10,12,15H,5-8H2,1-4H3. The summed E-state index contributed by atoms with van der Waals surface area (Å²) in [4.78, 5) is 0. The molecule has 0 saturated heterocycles. The fourth-order valence-corrected chi connectivity index (χ4v) is 2.62. The van der Waals surface area contributed by atoms with Gasteiger partial charge in [-0.25, -0.2) is 0 Å². The molecule has 0 saturated carbocycles. The van der Waals surface area contributed by atoms with E-state index < -0.39 is 0 Å². The van der Waals surface area contributed by atoms with Crippen molar-refractivity contribution in [2.75, 3.05) is 6.54 Å². The Morgan fingerprint density at radius 2 is 2.12 bits per heavy atom. The molecular formula is C13H24BrN3. The van der Waals surface area contributed by atoms with Crippen molar-refractivity contribution in [3.8, 4) is 0 Å². The number of hydrogen-bond acceptors (Lipinski definition) is 2. The first-order valence-electron chi connectivity index (χ1n) is 6.54. The summed E-state index contributed by atoms with van der Waals surface area (Å²) in [5.74, 6) is 0.677. The fraction of sp³-hybridized carbons (Fsp3) is 0.769. The van der Waals surface area contributed by atoms with E-state index in [1.54, 1.807) is 0 Å². The molecule has 0 bridgehead atoms. The lowest BCUT2D eigenvalue weighted by Crippen LogP contribution is -2.26. The SMILES string of the molecule is CCCNC(CC(C)C)c1c(Br)cnn1CC. The number of rotatable bonds is 7. The minimum absolute atomic E-state index is 0.395. The fourth-order valence-electron chi connectivity index (χ4n) is 2.05. The molecule has 1 atom stereocenters. The Hall–Kier alpha value is -0.350. The van der Waals surface area contributed by atoms with Crippen LogP contribution in [0.15, 0.2) is 10.7 Å². The molecule has 98 valence electrons. The van der Waals surface area contributed by atoms with Crippen molar-refractivity contribution in [1.29, 1.82) is 0 Å². The zero-order chi connectivity index (χ0) is 12.8. The second kappa shape index (κ2) is 7.17. The Labute approximate surface area is 113 Å². The van der Waals surface area contributed by atoms with Crippen molar-refractivity contribution in [1.82, 2.24) is 15.1 Å². The molecule has 0 amide bonds. The Morgan fingerprint density at radius 1 is 1.41 bits per heavy atom. The average Bonchev–Trinajstić information content (AvgIpc) is 2.65. The predicted octanol–water partition coefficient (Wildman–Crippen LogP) is 3.75. The molecule has 0 fully saturated rings. The summed E-state index contributed by atoms with van der Waals surface area (Å²) < 4.78 is 3.20. The van der Waals surface area contributed by atoms with Crippen molar-refractivity contribution in [2.24, 2.45) is 5.92 Å². The van der Waals surface area contributed by atoms with Gasteiger partial charge in [-0.3, -0.25) is 4.68 Å². The van der Waals surface area contributed by atoms with E-state index in [-0.39, 0.29) is 0 Å². The molecule has 3 nitrogen and oxygen atoms in total. The maximum atomic E-state index is 4.40. The van der Waals surface area contributed by atoms with Gasteiger partial charge in [-0.15, -0.1) is 0 Å². The molecule has 0 aromatic carbocycles. The smallest absolute Gasteiger partial charge is 0.0695 e. The lowest BCUT2D eigenvalue weighted by Gasteiger charge is -2.22. The third-order valence-electron chi connectivity index (χ3n) is 2.81. The van der Waals surface area contributed by atoms with Gasteiger partial charge in [0.25, 0.3) is 0 Å². The summed E-state index contributed by atoms with van der Waals surface area (Å²) in [7, 11) is 0. The van der Waals surface area contributed by atoms with Crippen molar-refractivity contribution in [2.45, 2.75) is 53.1 Å². The maximum Gasteiger partial charge on any atom is 0.0695 e. The van der Waals surface area contributed by atoms with Gasteiger partial charge in [-0.2, -0.15) is 5.10 Å². The predicted molar refractivity (Wildman–Crippen MR) is 76.1 cm³/mol. The van der Waals surface area contributed by atoms with E-state index >= 15 is 0 Å². The summed E-state index contributed by atoms with van der Waals surface area (Å²) in [6, 6.07) is 0.395. The lowest BCUT2D eigenvalue weighted by molar-refractivity contribution is 0.403. The van der Waals surface area contributed by atoms with Crippen LogP contribution in [0.5, 0.6) is 0 Å². The highest BCUT2D eigenvalue weighted by molar-refractivity contribution is 9.10. The first-order chi connectivity index (χ1) is 8.10. The summed E-state index contributed by atoms with van der Waals surface area (Å²) in [6.07, 6.45) is 4.20. The Bertz CT molecular complexity index is 333. The van der Waals surface area contributed by atoms with Crippen molar-refractivity contribution < 1.29 is 0 Å². The first-order valence-corrected chi connectivity index (χ1v) is 7.34. The Balaban J connectivity index is 2.89. The third kappa shape index (κ3) is 4.11. The molecule has 0 radical (unpaired) electrons. The topological polar surface area (TPSA) is 29.9 Å². The van der Waals surface area contributed by atoms with Crippen LogP contribution in [0.2, 0.25) is 0 Å². The van der Waals surface area contributed by atoms with Crippen LogP contribution in [0.1, 0.15) is 52.3 Å². The van der Waals surface area contributed by atoms with E-state index in [1.165, 1.54) is 5.69 Å². The summed E-state index contributed by atoms with van der Waals surface area (Å²) >= 11 is 3.62. The second-order valence-electron chi connectivity index (χ2n) is 4.83. The normalized spacial score (nSPS) is 13.3. The number of aromatic nitrogens is 2. The molecule has 1 rings (SSSR count). The van der Waals surface area contributed by atoms with E-state index in [9.17, 15) is 0 Å². The van der Waals surface area contributed by atoms with Crippen LogP contribution in [0, 0.1) is 5.92 Å².